The van der Waals surface area contributed by atoms with Crippen LogP contribution in [0.2, 0.25) is 0 Å². The number of hydrogen-bond acceptors (Lipinski definition) is 5. The minimum atomic E-state index is -0.190. The molecule has 2 aromatic carbocycles. The molecule has 8 heteroatoms. The predicted octanol–water partition coefficient (Wildman–Crippen LogP) is 4.59. The number of anilines is 1. The first-order valence-electron chi connectivity index (χ1n) is 10.4. The summed E-state index contributed by atoms with van der Waals surface area (Å²) in [5, 5.41) is 17.1. The number of carbonyl (C=O) groups is 1. The van der Waals surface area contributed by atoms with Crippen LogP contribution in [0.25, 0.3) is 39.2 Å². The highest BCUT2D eigenvalue weighted by Gasteiger charge is 2.12. The summed E-state index contributed by atoms with van der Waals surface area (Å²) in [5.41, 5.74) is 5.37. The molecular weight excluding hydrogens is 414 g/mol. The molecule has 8 nitrogen and oxygen atoms in total. The molecule has 0 radical (unpaired) electrons. The van der Waals surface area contributed by atoms with Gasteiger partial charge < -0.3 is 10.3 Å². The molecule has 0 atom stereocenters. The van der Waals surface area contributed by atoms with Crippen molar-refractivity contribution < 1.29 is 4.79 Å². The van der Waals surface area contributed by atoms with Crippen LogP contribution in [0.15, 0.2) is 91.3 Å². The van der Waals surface area contributed by atoms with Crippen molar-refractivity contribution in [1.82, 2.24) is 29.8 Å². The molecule has 0 aliphatic rings. The van der Waals surface area contributed by atoms with E-state index in [0.29, 0.717) is 22.9 Å². The van der Waals surface area contributed by atoms with Gasteiger partial charge in [-0.05, 0) is 48.5 Å². The third-order valence-corrected chi connectivity index (χ3v) is 5.41. The number of aromatic amines is 1. The van der Waals surface area contributed by atoms with Gasteiger partial charge in [0.2, 0.25) is 0 Å². The summed E-state index contributed by atoms with van der Waals surface area (Å²) in [6, 6.07) is 24.7. The molecule has 0 saturated heterocycles. The van der Waals surface area contributed by atoms with Crippen molar-refractivity contribution in [3.63, 3.8) is 0 Å². The Morgan fingerprint density at radius 2 is 1.67 bits per heavy atom. The third-order valence-electron chi connectivity index (χ3n) is 5.41. The smallest absolute Gasteiger partial charge is 0.272 e. The summed E-state index contributed by atoms with van der Waals surface area (Å²) in [6.45, 7) is 0. The Kier molecular flexibility index (Phi) is 4.40. The maximum atomic E-state index is 12.7. The monoisotopic (exact) mass is 431 g/mol. The summed E-state index contributed by atoms with van der Waals surface area (Å²) >= 11 is 0. The Balaban J connectivity index is 1.26. The zero-order chi connectivity index (χ0) is 22.2. The van der Waals surface area contributed by atoms with Gasteiger partial charge in [-0.25, -0.2) is 0 Å². The lowest BCUT2D eigenvalue weighted by Crippen LogP contribution is -2.12. The largest absolute Gasteiger partial charge is 0.351 e. The van der Waals surface area contributed by atoms with Crippen molar-refractivity contribution in [2.45, 2.75) is 0 Å². The number of amides is 1. The highest BCUT2D eigenvalue weighted by Crippen LogP contribution is 2.23. The minimum absolute atomic E-state index is 0.190. The van der Waals surface area contributed by atoms with Gasteiger partial charge in [-0.3, -0.25) is 9.78 Å². The lowest BCUT2D eigenvalue weighted by Gasteiger charge is -2.06. The first-order chi connectivity index (χ1) is 16.2. The summed E-state index contributed by atoms with van der Waals surface area (Å²) < 4.78 is 1.72. The van der Waals surface area contributed by atoms with Gasteiger partial charge in [0, 0.05) is 40.1 Å². The van der Waals surface area contributed by atoms with E-state index in [9.17, 15) is 4.79 Å². The minimum Gasteiger partial charge on any atom is -0.351 e. The molecule has 0 fully saturated rings. The number of benzene rings is 2. The van der Waals surface area contributed by atoms with E-state index in [1.54, 1.807) is 16.9 Å². The number of rotatable bonds is 4. The molecule has 0 unspecified atom stereocenters. The predicted molar refractivity (Wildman–Crippen MR) is 126 cm³/mol. The maximum absolute atomic E-state index is 12.7. The van der Waals surface area contributed by atoms with Crippen molar-refractivity contribution in [1.29, 1.82) is 0 Å². The number of H-pyrrole nitrogens is 1. The van der Waals surface area contributed by atoms with Crippen LogP contribution in [-0.2, 0) is 0 Å². The number of carbonyl (C=O) groups excluding carboxylic acids is 1. The molecule has 0 aliphatic carbocycles. The van der Waals surface area contributed by atoms with Crippen molar-refractivity contribution >= 4 is 28.1 Å². The lowest BCUT2D eigenvalue weighted by atomic mass is 10.1. The van der Waals surface area contributed by atoms with E-state index in [1.807, 2.05) is 78.9 Å². The Hall–Kier alpha value is -4.85. The van der Waals surface area contributed by atoms with Gasteiger partial charge in [0.25, 0.3) is 5.91 Å². The fraction of sp³-hybridized carbons (Fsp3) is 0. The summed E-state index contributed by atoms with van der Waals surface area (Å²) in [6.07, 6.45) is 3.42. The fourth-order valence-corrected chi connectivity index (χ4v) is 3.74. The maximum Gasteiger partial charge on any atom is 0.272 e. The number of para-hydroxylation sites is 1. The molecule has 0 spiro atoms. The summed E-state index contributed by atoms with van der Waals surface area (Å²) in [4.78, 5) is 19.8. The van der Waals surface area contributed by atoms with E-state index in [1.165, 1.54) is 0 Å². The molecule has 4 aromatic heterocycles. The molecule has 0 aliphatic heterocycles. The normalized spacial score (nSPS) is 11.2. The van der Waals surface area contributed by atoms with E-state index >= 15 is 0 Å². The van der Waals surface area contributed by atoms with Crippen LogP contribution in [0.4, 0.5) is 5.69 Å². The number of aromatic nitrogens is 6. The van der Waals surface area contributed by atoms with Gasteiger partial charge in [0.05, 0.1) is 5.69 Å². The Labute approximate surface area is 188 Å². The second kappa shape index (κ2) is 7.69. The van der Waals surface area contributed by atoms with Gasteiger partial charge >= 0.3 is 0 Å². The number of nitrogens with zero attached hydrogens (tertiary/aromatic N) is 5. The highest BCUT2D eigenvalue weighted by molar-refractivity contribution is 6.06. The molecule has 2 N–H and O–H groups in total. The van der Waals surface area contributed by atoms with Crippen LogP contribution in [0, 0.1) is 0 Å². The zero-order valence-electron chi connectivity index (χ0n) is 17.3. The molecule has 6 aromatic rings. The van der Waals surface area contributed by atoms with Crippen molar-refractivity contribution in [3.8, 4) is 22.6 Å². The zero-order valence-corrected chi connectivity index (χ0v) is 17.3. The van der Waals surface area contributed by atoms with E-state index in [2.05, 4.69) is 25.5 Å². The first-order valence-corrected chi connectivity index (χ1v) is 10.4. The second-order valence-electron chi connectivity index (χ2n) is 7.55. The van der Waals surface area contributed by atoms with Crippen LogP contribution < -0.4 is 5.32 Å². The quantitative estimate of drug-likeness (QED) is 0.425. The Bertz CT molecular complexity index is 1570. The number of nitrogens with one attached hydrogen (secondary N) is 2. The van der Waals surface area contributed by atoms with E-state index in [4.69, 9.17) is 5.10 Å². The van der Waals surface area contributed by atoms with Crippen LogP contribution in [0.1, 0.15) is 10.5 Å². The van der Waals surface area contributed by atoms with Gasteiger partial charge in [-0.1, -0.05) is 30.3 Å². The van der Waals surface area contributed by atoms with Crippen LogP contribution >= 0.6 is 0 Å². The molecular formula is C25H17N7O. The topological polar surface area (TPSA) is 101 Å². The van der Waals surface area contributed by atoms with E-state index in [-0.39, 0.29) is 5.91 Å². The molecule has 33 heavy (non-hydrogen) atoms. The molecule has 1 amide bonds. The van der Waals surface area contributed by atoms with Crippen LogP contribution in [-0.4, -0.2) is 35.7 Å². The van der Waals surface area contributed by atoms with Crippen LogP contribution in [0.5, 0.6) is 0 Å². The van der Waals surface area contributed by atoms with Gasteiger partial charge in [0.15, 0.2) is 11.5 Å². The van der Waals surface area contributed by atoms with Gasteiger partial charge in [-0.15, -0.1) is 10.2 Å². The average molecular weight is 431 g/mol. The summed E-state index contributed by atoms with van der Waals surface area (Å²) in [5.74, 6) is 0.460. The number of fused-ring (bicyclic) bond motifs is 2. The lowest BCUT2D eigenvalue weighted by molar-refractivity contribution is 0.102. The SMILES string of the molecule is O=C(Nc1ccc(-c2ccc3nnc(-c4ccncc4)n3n2)cc1)c1cc2ccccc2[nH]1. The number of hydrogen-bond donors (Lipinski definition) is 2. The molecule has 0 saturated carbocycles. The molecule has 158 valence electrons. The standard InChI is InChI=1S/C25H17N7O/c33-25(22-15-18-3-1-2-4-20(18)28-22)27-19-7-5-16(6-8-19)21-9-10-23-29-30-24(32(23)31-21)17-11-13-26-14-12-17/h1-15,28H,(H,27,33). The third kappa shape index (κ3) is 3.49. The number of pyridine rings is 1. The summed E-state index contributed by atoms with van der Waals surface area (Å²) in [7, 11) is 0. The van der Waals surface area contributed by atoms with Crippen molar-refractivity contribution in [3.05, 3.63) is 97.0 Å². The fourth-order valence-electron chi connectivity index (χ4n) is 3.74. The average Bonchev–Trinajstić information content (AvgIpc) is 3.49. The van der Waals surface area contributed by atoms with Crippen molar-refractivity contribution in [2.24, 2.45) is 0 Å². The Morgan fingerprint density at radius 3 is 2.48 bits per heavy atom. The van der Waals surface area contributed by atoms with Gasteiger partial charge in [0.1, 0.15) is 5.69 Å². The molecule has 4 heterocycles. The first kappa shape index (κ1) is 18.9. The molecule has 0 bridgehead atoms. The molecule has 6 rings (SSSR count). The Morgan fingerprint density at radius 1 is 0.848 bits per heavy atom. The van der Waals surface area contributed by atoms with E-state index in [0.717, 1.165) is 27.7 Å². The van der Waals surface area contributed by atoms with Gasteiger partial charge in [-0.2, -0.15) is 9.61 Å². The van der Waals surface area contributed by atoms with E-state index < -0.39 is 0 Å². The highest BCUT2D eigenvalue weighted by atomic mass is 16.1. The second-order valence-corrected chi connectivity index (χ2v) is 7.55. The van der Waals surface area contributed by atoms with Crippen molar-refractivity contribution in [2.75, 3.05) is 5.32 Å². The van der Waals surface area contributed by atoms with Crippen LogP contribution in [0.3, 0.4) is 0 Å².